The third-order valence-corrected chi connectivity index (χ3v) is 4.02. The third-order valence-electron chi connectivity index (χ3n) is 4.02. The van der Waals surface area contributed by atoms with Crippen molar-refractivity contribution in [3.8, 4) is 0 Å². The van der Waals surface area contributed by atoms with E-state index in [4.69, 9.17) is 0 Å². The highest BCUT2D eigenvalue weighted by Gasteiger charge is 2.18. The van der Waals surface area contributed by atoms with Crippen LogP contribution < -0.4 is 10.2 Å². The Morgan fingerprint density at radius 2 is 1.86 bits per heavy atom. The molecule has 4 heteroatoms. The molecule has 1 aromatic carbocycles. The predicted octanol–water partition coefficient (Wildman–Crippen LogP) is 2.54. The van der Waals surface area contributed by atoms with Gasteiger partial charge in [0.25, 0.3) is 0 Å². The second-order valence-corrected chi connectivity index (χ2v) is 5.63. The summed E-state index contributed by atoms with van der Waals surface area (Å²) in [7, 11) is 0. The number of hydrogen-bond donors (Lipinski definition) is 1. The molecule has 0 atom stereocenters. The van der Waals surface area contributed by atoms with Crippen molar-refractivity contribution in [2.45, 2.75) is 32.4 Å². The van der Waals surface area contributed by atoms with Crippen LogP contribution in [0.5, 0.6) is 0 Å². The standard InChI is InChI=1S/C17H22N4/c1-14-11-19-16(12-18-14)13-20-15-7-9-21(10-8-15)17-5-3-2-4-6-17/h2-6,11-12,15,20H,7-10,13H2,1H3. The zero-order valence-electron chi connectivity index (χ0n) is 12.5. The molecule has 0 spiro atoms. The van der Waals surface area contributed by atoms with Crippen LogP contribution in [-0.2, 0) is 6.54 Å². The van der Waals surface area contributed by atoms with E-state index in [2.05, 4.69) is 50.5 Å². The normalized spacial score (nSPS) is 16.1. The van der Waals surface area contributed by atoms with Crippen LogP contribution in [0.4, 0.5) is 5.69 Å². The van der Waals surface area contributed by atoms with Crippen molar-refractivity contribution in [2.24, 2.45) is 0 Å². The number of hydrogen-bond acceptors (Lipinski definition) is 4. The fourth-order valence-corrected chi connectivity index (χ4v) is 2.74. The largest absolute Gasteiger partial charge is 0.371 e. The lowest BCUT2D eigenvalue weighted by molar-refractivity contribution is 0.412. The first kappa shape index (κ1) is 14.0. The van der Waals surface area contributed by atoms with Crippen LogP contribution in [-0.4, -0.2) is 29.1 Å². The van der Waals surface area contributed by atoms with Gasteiger partial charge in [-0.05, 0) is 31.9 Å². The summed E-state index contributed by atoms with van der Waals surface area (Å²) in [4.78, 5) is 11.1. The summed E-state index contributed by atoms with van der Waals surface area (Å²) in [6.07, 6.45) is 6.04. The zero-order chi connectivity index (χ0) is 14.5. The highest BCUT2D eigenvalue weighted by Crippen LogP contribution is 2.19. The quantitative estimate of drug-likeness (QED) is 0.935. The topological polar surface area (TPSA) is 41.1 Å². The lowest BCUT2D eigenvalue weighted by atomic mass is 10.0. The van der Waals surface area contributed by atoms with Gasteiger partial charge in [-0.15, -0.1) is 0 Å². The molecule has 2 heterocycles. The Kier molecular flexibility index (Phi) is 4.46. The molecule has 0 aliphatic carbocycles. The molecule has 1 saturated heterocycles. The molecule has 1 aliphatic rings. The smallest absolute Gasteiger partial charge is 0.0724 e. The first-order chi connectivity index (χ1) is 10.3. The fraction of sp³-hybridized carbons (Fsp3) is 0.412. The molecule has 2 aromatic rings. The minimum absolute atomic E-state index is 0.577. The Balaban J connectivity index is 1.47. The molecule has 3 rings (SSSR count). The van der Waals surface area contributed by atoms with E-state index in [0.29, 0.717) is 6.04 Å². The third kappa shape index (κ3) is 3.79. The van der Waals surface area contributed by atoms with Crippen LogP contribution >= 0.6 is 0 Å². The van der Waals surface area contributed by atoms with Gasteiger partial charge in [-0.1, -0.05) is 18.2 Å². The molecular formula is C17H22N4. The predicted molar refractivity (Wildman–Crippen MR) is 85.3 cm³/mol. The van der Waals surface area contributed by atoms with Gasteiger partial charge in [0, 0.05) is 43.8 Å². The Bertz CT molecular complexity index is 545. The summed E-state index contributed by atoms with van der Waals surface area (Å²) in [6, 6.07) is 11.2. The fourth-order valence-electron chi connectivity index (χ4n) is 2.74. The molecule has 21 heavy (non-hydrogen) atoms. The van der Waals surface area contributed by atoms with Gasteiger partial charge in [-0.3, -0.25) is 9.97 Å². The Morgan fingerprint density at radius 1 is 1.10 bits per heavy atom. The maximum Gasteiger partial charge on any atom is 0.0724 e. The van der Waals surface area contributed by atoms with Gasteiger partial charge in [0.1, 0.15) is 0 Å². The lowest BCUT2D eigenvalue weighted by Gasteiger charge is -2.34. The van der Waals surface area contributed by atoms with E-state index >= 15 is 0 Å². The summed E-state index contributed by atoms with van der Waals surface area (Å²) < 4.78 is 0. The van der Waals surface area contributed by atoms with Crippen LogP contribution in [0.3, 0.4) is 0 Å². The molecule has 0 bridgehead atoms. The van der Waals surface area contributed by atoms with Crippen molar-refractivity contribution in [3.63, 3.8) is 0 Å². The minimum atomic E-state index is 0.577. The van der Waals surface area contributed by atoms with E-state index in [9.17, 15) is 0 Å². The van der Waals surface area contributed by atoms with Crippen LogP contribution in [0, 0.1) is 6.92 Å². The molecule has 1 aromatic heterocycles. The van der Waals surface area contributed by atoms with E-state index in [1.165, 1.54) is 18.5 Å². The van der Waals surface area contributed by atoms with Crippen LogP contribution in [0.2, 0.25) is 0 Å². The Hall–Kier alpha value is -1.94. The molecule has 0 amide bonds. The van der Waals surface area contributed by atoms with Crippen molar-refractivity contribution >= 4 is 5.69 Å². The number of aryl methyl sites for hydroxylation is 1. The first-order valence-electron chi connectivity index (χ1n) is 7.62. The molecule has 110 valence electrons. The first-order valence-corrected chi connectivity index (χ1v) is 7.62. The minimum Gasteiger partial charge on any atom is -0.371 e. The maximum absolute atomic E-state index is 4.39. The summed E-state index contributed by atoms with van der Waals surface area (Å²) in [5.74, 6) is 0. The summed E-state index contributed by atoms with van der Waals surface area (Å²) in [6.45, 7) is 5.00. The van der Waals surface area contributed by atoms with E-state index < -0.39 is 0 Å². The number of aromatic nitrogens is 2. The van der Waals surface area contributed by atoms with Gasteiger partial charge in [0.05, 0.1) is 11.4 Å². The van der Waals surface area contributed by atoms with Crippen LogP contribution in [0.25, 0.3) is 0 Å². The van der Waals surface area contributed by atoms with E-state index in [-0.39, 0.29) is 0 Å². The average Bonchev–Trinajstić information content (AvgIpc) is 2.56. The van der Waals surface area contributed by atoms with Gasteiger partial charge < -0.3 is 10.2 Å². The molecule has 4 nitrogen and oxygen atoms in total. The van der Waals surface area contributed by atoms with E-state index in [0.717, 1.165) is 31.0 Å². The zero-order valence-corrected chi connectivity index (χ0v) is 12.5. The molecule has 0 radical (unpaired) electrons. The number of para-hydroxylation sites is 1. The SMILES string of the molecule is Cc1cnc(CNC2CCN(c3ccccc3)CC2)cn1. The summed E-state index contributed by atoms with van der Waals surface area (Å²) in [5, 5.41) is 3.60. The van der Waals surface area contributed by atoms with Crippen molar-refractivity contribution in [1.29, 1.82) is 0 Å². The molecule has 0 saturated carbocycles. The highest BCUT2D eigenvalue weighted by molar-refractivity contribution is 5.46. The average molecular weight is 282 g/mol. The molecule has 1 fully saturated rings. The number of piperidine rings is 1. The summed E-state index contributed by atoms with van der Waals surface area (Å²) >= 11 is 0. The highest BCUT2D eigenvalue weighted by atomic mass is 15.1. The van der Waals surface area contributed by atoms with Gasteiger partial charge in [0.15, 0.2) is 0 Å². The maximum atomic E-state index is 4.39. The van der Waals surface area contributed by atoms with Gasteiger partial charge >= 0.3 is 0 Å². The molecule has 1 N–H and O–H groups in total. The Morgan fingerprint density at radius 3 is 2.52 bits per heavy atom. The van der Waals surface area contributed by atoms with Gasteiger partial charge in [-0.2, -0.15) is 0 Å². The number of anilines is 1. The van der Waals surface area contributed by atoms with Crippen molar-refractivity contribution < 1.29 is 0 Å². The van der Waals surface area contributed by atoms with E-state index in [1.807, 2.05) is 19.3 Å². The second-order valence-electron chi connectivity index (χ2n) is 5.63. The lowest BCUT2D eigenvalue weighted by Crippen LogP contribution is -2.42. The number of rotatable bonds is 4. The molecule has 1 aliphatic heterocycles. The van der Waals surface area contributed by atoms with Crippen LogP contribution in [0.1, 0.15) is 24.2 Å². The number of nitrogens with one attached hydrogen (secondary N) is 1. The summed E-state index contributed by atoms with van der Waals surface area (Å²) in [5.41, 5.74) is 3.32. The molecular weight excluding hydrogens is 260 g/mol. The second kappa shape index (κ2) is 6.68. The molecule has 0 unspecified atom stereocenters. The van der Waals surface area contributed by atoms with Crippen molar-refractivity contribution in [2.75, 3.05) is 18.0 Å². The monoisotopic (exact) mass is 282 g/mol. The Labute approximate surface area is 126 Å². The van der Waals surface area contributed by atoms with Crippen LogP contribution in [0.15, 0.2) is 42.7 Å². The van der Waals surface area contributed by atoms with E-state index in [1.54, 1.807) is 0 Å². The van der Waals surface area contributed by atoms with Gasteiger partial charge in [0.2, 0.25) is 0 Å². The van der Waals surface area contributed by atoms with Crippen molar-refractivity contribution in [3.05, 3.63) is 54.1 Å². The van der Waals surface area contributed by atoms with Gasteiger partial charge in [-0.25, -0.2) is 0 Å². The van der Waals surface area contributed by atoms with Crippen molar-refractivity contribution in [1.82, 2.24) is 15.3 Å². The number of benzene rings is 1. The number of nitrogens with zero attached hydrogens (tertiary/aromatic N) is 3.